The van der Waals surface area contributed by atoms with Crippen LogP contribution >= 0.6 is 0 Å². The van der Waals surface area contributed by atoms with Crippen LogP contribution in [-0.2, 0) is 9.53 Å². The fraction of sp³-hybridized carbons (Fsp3) is 0.933. The molecule has 0 aromatic carbocycles. The van der Waals surface area contributed by atoms with Gasteiger partial charge in [-0.2, -0.15) is 0 Å². The largest absolute Gasteiger partial charge is 0.385 e. The molecule has 5 heteroatoms. The monoisotopic (exact) mass is 287 g/mol. The summed E-state index contributed by atoms with van der Waals surface area (Å²) >= 11 is 0. The normalized spacial score (nSPS) is 14.3. The molecule has 0 radical (unpaired) electrons. The van der Waals surface area contributed by atoms with Gasteiger partial charge in [0.25, 0.3) is 0 Å². The zero-order chi connectivity index (χ0) is 15.4. The van der Waals surface area contributed by atoms with Gasteiger partial charge in [0.1, 0.15) is 0 Å². The van der Waals surface area contributed by atoms with Crippen LogP contribution in [0.5, 0.6) is 0 Å². The summed E-state index contributed by atoms with van der Waals surface area (Å²) in [4.78, 5) is 14.3. The molecule has 2 atom stereocenters. The number of nitrogens with two attached hydrogens (primary N) is 1. The molecular weight excluding hydrogens is 254 g/mol. The molecule has 0 aromatic rings. The fourth-order valence-electron chi connectivity index (χ4n) is 2.16. The van der Waals surface area contributed by atoms with Gasteiger partial charge in [-0.1, -0.05) is 13.8 Å². The lowest BCUT2D eigenvalue weighted by Gasteiger charge is -2.21. The number of hydrogen-bond acceptors (Lipinski definition) is 4. The standard InChI is InChI=1S/C15H33N3O2/c1-5-18(6-2)11-7-9-13(3)17-15(19)14(16)10-8-12-20-4/h13-14H,5-12,16H2,1-4H3,(H,17,19). The van der Waals surface area contributed by atoms with Crippen molar-refractivity contribution in [2.45, 2.75) is 58.5 Å². The third-order valence-corrected chi connectivity index (χ3v) is 3.59. The number of rotatable bonds is 12. The van der Waals surface area contributed by atoms with Crippen LogP contribution in [0.2, 0.25) is 0 Å². The topological polar surface area (TPSA) is 67.6 Å². The van der Waals surface area contributed by atoms with Crippen molar-refractivity contribution in [2.24, 2.45) is 5.73 Å². The van der Waals surface area contributed by atoms with Crippen LogP contribution in [0.1, 0.15) is 46.5 Å². The van der Waals surface area contributed by atoms with Crippen LogP contribution in [0.3, 0.4) is 0 Å². The van der Waals surface area contributed by atoms with Gasteiger partial charge >= 0.3 is 0 Å². The second-order valence-corrected chi connectivity index (χ2v) is 5.32. The number of ether oxygens (including phenoxy) is 1. The van der Waals surface area contributed by atoms with Crippen molar-refractivity contribution in [2.75, 3.05) is 33.4 Å². The van der Waals surface area contributed by atoms with Crippen LogP contribution in [0, 0.1) is 0 Å². The van der Waals surface area contributed by atoms with Crippen molar-refractivity contribution in [1.82, 2.24) is 10.2 Å². The minimum Gasteiger partial charge on any atom is -0.385 e. The molecule has 5 nitrogen and oxygen atoms in total. The molecule has 20 heavy (non-hydrogen) atoms. The van der Waals surface area contributed by atoms with Crippen molar-refractivity contribution in [3.8, 4) is 0 Å². The number of nitrogens with one attached hydrogen (secondary N) is 1. The van der Waals surface area contributed by atoms with Crippen molar-refractivity contribution >= 4 is 5.91 Å². The van der Waals surface area contributed by atoms with E-state index >= 15 is 0 Å². The van der Waals surface area contributed by atoms with Crippen LogP contribution in [0.25, 0.3) is 0 Å². The van der Waals surface area contributed by atoms with Gasteiger partial charge < -0.3 is 20.7 Å². The number of nitrogens with zero attached hydrogens (tertiary/aromatic N) is 1. The number of amides is 1. The highest BCUT2D eigenvalue weighted by Crippen LogP contribution is 2.01. The van der Waals surface area contributed by atoms with E-state index in [1.54, 1.807) is 7.11 Å². The van der Waals surface area contributed by atoms with Gasteiger partial charge in [-0.3, -0.25) is 4.79 Å². The Kier molecular flexibility index (Phi) is 11.7. The van der Waals surface area contributed by atoms with Crippen LogP contribution in [0.4, 0.5) is 0 Å². The van der Waals surface area contributed by atoms with E-state index in [1.807, 2.05) is 6.92 Å². The third kappa shape index (κ3) is 9.28. The predicted molar refractivity (Wildman–Crippen MR) is 83.7 cm³/mol. The molecule has 0 aromatic heterocycles. The molecule has 0 heterocycles. The second kappa shape index (κ2) is 12.1. The van der Waals surface area contributed by atoms with Gasteiger partial charge in [0.2, 0.25) is 5.91 Å². The molecule has 0 aliphatic carbocycles. The Labute approximate surface area is 124 Å². The van der Waals surface area contributed by atoms with E-state index in [9.17, 15) is 4.79 Å². The minimum atomic E-state index is -0.421. The summed E-state index contributed by atoms with van der Waals surface area (Å²) in [6, 6.07) is -0.234. The Balaban J connectivity index is 3.78. The van der Waals surface area contributed by atoms with E-state index < -0.39 is 6.04 Å². The summed E-state index contributed by atoms with van der Waals surface area (Å²) in [7, 11) is 1.66. The van der Waals surface area contributed by atoms with E-state index in [4.69, 9.17) is 10.5 Å². The van der Waals surface area contributed by atoms with E-state index in [-0.39, 0.29) is 11.9 Å². The summed E-state index contributed by atoms with van der Waals surface area (Å²) in [5.41, 5.74) is 5.85. The predicted octanol–water partition coefficient (Wildman–Crippen LogP) is 1.37. The van der Waals surface area contributed by atoms with E-state index in [0.29, 0.717) is 13.0 Å². The first-order valence-corrected chi connectivity index (χ1v) is 7.82. The number of carbonyl (C=O) groups is 1. The van der Waals surface area contributed by atoms with Crippen molar-refractivity contribution in [3.05, 3.63) is 0 Å². The van der Waals surface area contributed by atoms with Crippen LogP contribution < -0.4 is 11.1 Å². The Morgan fingerprint density at radius 3 is 2.45 bits per heavy atom. The molecule has 0 saturated carbocycles. The van der Waals surface area contributed by atoms with Crippen LogP contribution in [0.15, 0.2) is 0 Å². The highest BCUT2D eigenvalue weighted by molar-refractivity contribution is 5.81. The van der Waals surface area contributed by atoms with Gasteiger partial charge in [0, 0.05) is 19.8 Å². The maximum atomic E-state index is 11.9. The minimum absolute atomic E-state index is 0.0450. The first kappa shape index (κ1) is 19.4. The quantitative estimate of drug-likeness (QED) is 0.532. The Hall–Kier alpha value is -0.650. The summed E-state index contributed by atoms with van der Waals surface area (Å²) in [5.74, 6) is -0.0450. The van der Waals surface area contributed by atoms with E-state index in [2.05, 4.69) is 24.1 Å². The maximum Gasteiger partial charge on any atom is 0.237 e. The molecule has 0 rings (SSSR count). The molecule has 0 aliphatic rings. The maximum absolute atomic E-state index is 11.9. The number of carbonyl (C=O) groups excluding carboxylic acids is 1. The lowest BCUT2D eigenvalue weighted by molar-refractivity contribution is -0.123. The summed E-state index contributed by atoms with van der Waals surface area (Å²) in [6.07, 6.45) is 3.59. The zero-order valence-electron chi connectivity index (χ0n) is 13.7. The van der Waals surface area contributed by atoms with Gasteiger partial charge in [0.05, 0.1) is 6.04 Å². The molecule has 2 unspecified atom stereocenters. The van der Waals surface area contributed by atoms with Crippen LogP contribution in [-0.4, -0.2) is 56.2 Å². The Morgan fingerprint density at radius 1 is 1.25 bits per heavy atom. The SMILES string of the molecule is CCN(CC)CCCC(C)NC(=O)C(N)CCCOC. The summed E-state index contributed by atoms with van der Waals surface area (Å²) in [5, 5.41) is 2.99. The van der Waals surface area contributed by atoms with Gasteiger partial charge in [-0.15, -0.1) is 0 Å². The van der Waals surface area contributed by atoms with E-state index in [1.165, 1.54) is 0 Å². The van der Waals surface area contributed by atoms with Gasteiger partial charge in [0.15, 0.2) is 0 Å². The Bertz CT molecular complexity index is 245. The number of hydrogen-bond donors (Lipinski definition) is 2. The molecule has 1 amide bonds. The highest BCUT2D eigenvalue weighted by atomic mass is 16.5. The van der Waals surface area contributed by atoms with Gasteiger partial charge in [-0.05, 0) is 52.2 Å². The lowest BCUT2D eigenvalue weighted by atomic mass is 10.1. The molecule has 0 aliphatic heterocycles. The number of methoxy groups -OCH3 is 1. The lowest BCUT2D eigenvalue weighted by Crippen LogP contribution is -2.44. The molecule has 0 bridgehead atoms. The third-order valence-electron chi connectivity index (χ3n) is 3.59. The highest BCUT2D eigenvalue weighted by Gasteiger charge is 2.15. The van der Waals surface area contributed by atoms with Crippen molar-refractivity contribution in [3.63, 3.8) is 0 Å². The fourth-order valence-corrected chi connectivity index (χ4v) is 2.16. The van der Waals surface area contributed by atoms with Gasteiger partial charge in [-0.25, -0.2) is 0 Å². The molecule has 0 saturated heterocycles. The smallest absolute Gasteiger partial charge is 0.237 e. The average Bonchev–Trinajstić information content (AvgIpc) is 2.43. The molecular formula is C15H33N3O2. The molecule has 0 spiro atoms. The second-order valence-electron chi connectivity index (χ2n) is 5.32. The molecule has 3 N–H and O–H groups in total. The first-order valence-electron chi connectivity index (χ1n) is 7.82. The summed E-state index contributed by atoms with van der Waals surface area (Å²) in [6.45, 7) is 10.3. The van der Waals surface area contributed by atoms with E-state index in [0.717, 1.165) is 38.9 Å². The van der Waals surface area contributed by atoms with Crippen molar-refractivity contribution < 1.29 is 9.53 Å². The average molecular weight is 287 g/mol. The first-order chi connectivity index (χ1) is 9.54. The van der Waals surface area contributed by atoms with Crippen molar-refractivity contribution in [1.29, 1.82) is 0 Å². The zero-order valence-corrected chi connectivity index (χ0v) is 13.7. The molecule has 0 fully saturated rings. The molecule has 120 valence electrons. The Morgan fingerprint density at radius 2 is 1.90 bits per heavy atom. The summed E-state index contributed by atoms with van der Waals surface area (Å²) < 4.78 is 4.96.